The molecule has 0 spiro atoms. The van der Waals surface area contributed by atoms with Gasteiger partial charge in [-0.05, 0) is 94.4 Å². The van der Waals surface area contributed by atoms with Gasteiger partial charge in [0.15, 0.2) is 0 Å². The maximum Gasteiger partial charge on any atom is 0.339 e. The summed E-state index contributed by atoms with van der Waals surface area (Å²) in [5, 5.41) is 3.26. The van der Waals surface area contributed by atoms with Gasteiger partial charge >= 0.3 is 32.4 Å². The summed E-state index contributed by atoms with van der Waals surface area (Å²) in [5.74, 6) is -0.967. The van der Waals surface area contributed by atoms with Crippen LogP contribution in [0, 0.1) is 13.8 Å². The first-order valence-electron chi connectivity index (χ1n) is 19.2. The number of likely N-dealkylation sites (N-methyl/N-ethyl adjacent to an activating group) is 1. The van der Waals surface area contributed by atoms with Crippen LogP contribution in [0.4, 0.5) is 11.4 Å². The highest BCUT2D eigenvalue weighted by Crippen LogP contribution is 2.27. The number of benzene rings is 2. The molecule has 2 atom stereocenters. The Balaban J connectivity index is 0.000000260. The number of esters is 2. The fourth-order valence-electron chi connectivity index (χ4n) is 6.60. The van der Waals surface area contributed by atoms with Crippen molar-refractivity contribution in [3.63, 3.8) is 0 Å². The van der Waals surface area contributed by atoms with Crippen molar-refractivity contribution < 1.29 is 35.9 Å². The second kappa shape index (κ2) is 21.2. The van der Waals surface area contributed by atoms with Crippen molar-refractivity contribution >= 4 is 56.1 Å². The molecule has 0 aliphatic carbocycles. The number of carbonyl (C=O) groups excluding carboxylic acids is 2. The van der Waals surface area contributed by atoms with E-state index in [1.165, 1.54) is 43.8 Å². The molecule has 4 heterocycles. The molecule has 60 heavy (non-hydrogen) atoms. The predicted octanol–water partition coefficient (Wildman–Crippen LogP) is 4.21. The number of rotatable bonds is 12. The summed E-state index contributed by atoms with van der Waals surface area (Å²) in [5.41, 5.74) is 4.80. The lowest BCUT2D eigenvalue weighted by molar-refractivity contribution is 0.0591. The summed E-state index contributed by atoms with van der Waals surface area (Å²) in [4.78, 5) is 34.0. The Kier molecular flexibility index (Phi) is 17.0. The third-order valence-electron chi connectivity index (χ3n) is 10.1. The fraction of sp³-hybridized carbons (Fsp3) is 0.415. The molecular weight excluding hydrogens is 832 g/mol. The van der Waals surface area contributed by atoms with Crippen LogP contribution in [0.3, 0.4) is 0 Å². The number of nitrogens with one attached hydrogen (secondary N) is 1. The molecule has 0 unspecified atom stereocenters. The van der Waals surface area contributed by atoms with Gasteiger partial charge in [0, 0.05) is 63.7 Å². The van der Waals surface area contributed by atoms with Crippen molar-refractivity contribution in [3.05, 3.63) is 119 Å². The molecule has 0 bridgehead atoms. The molecule has 2 fully saturated rings. The Bertz CT molecular complexity index is 2290. The number of halogens is 1. The summed E-state index contributed by atoms with van der Waals surface area (Å²) in [6, 6.07) is 21.4. The first-order chi connectivity index (χ1) is 28.0. The Morgan fingerprint density at radius 1 is 0.717 bits per heavy atom. The van der Waals surface area contributed by atoms with Gasteiger partial charge < -0.3 is 19.7 Å². The SMILES string of the molecule is COC(=O)c1ccc(CN(c2cccc(C)c2)S(=O)(=O)N2CCN(C)[C@@H](C)C2)nc1.COC(=O)c1ccc(CN(c2cccc(C)c2)S(=O)(=O)N2CCN[C@@H](C)C2)nc1.Cl. The Morgan fingerprint density at radius 3 is 1.57 bits per heavy atom. The van der Waals surface area contributed by atoms with Crippen molar-refractivity contribution in [2.75, 3.05) is 69.1 Å². The van der Waals surface area contributed by atoms with Crippen molar-refractivity contribution in [1.82, 2.24) is 28.8 Å². The second-order valence-corrected chi connectivity index (χ2v) is 18.4. The summed E-state index contributed by atoms with van der Waals surface area (Å²) in [6.07, 6.45) is 2.80. The minimum Gasteiger partial charge on any atom is -0.465 e. The van der Waals surface area contributed by atoms with Gasteiger partial charge in [-0.2, -0.15) is 25.4 Å². The monoisotopic (exact) mass is 886 g/mol. The average molecular weight is 888 g/mol. The standard InChI is InChI=1S/C21H28N4O4S.C20H26N4O4S.ClH/c1-16-6-5-7-20(12-16)25(15-19-9-8-18(13-22-19)21(26)29-4)30(27,28)24-11-10-23(3)17(2)14-24;1-15-5-4-6-19(11-15)24(29(26,27)23-10-9-21-16(2)13-23)14-18-8-7-17(12-22-18)20(25)28-3;/h5-9,12-13,17H,10-11,14-15H2,1-4H3;4-8,11-12,16,21H,9-10,13-14H2,1-3H3;1H/t17-;16-;/m00./s1. The summed E-state index contributed by atoms with van der Waals surface area (Å²) in [7, 11) is -2.93. The molecule has 2 saturated heterocycles. The Hall–Kier alpha value is -4.69. The first-order valence-corrected chi connectivity index (χ1v) is 22.0. The van der Waals surface area contributed by atoms with Crippen molar-refractivity contribution in [2.45, 2.75) is 52.9 Å². The largest absolute Gasteiger partial charge is 0.465 e. The van der Waals surface area contributed by atoms with Crippen LogP contribution in [-0.2, 0) is 43.0 Å². The fourth-order valence-corrected chi connectivity index (χ4v) is 9.95. The number of nitrogens with zero attached hydrogens (tertiary/aromatic N) is 7. The summed E-state index contributed by atoms with van der Waals surface area (Å²) >= 11 is 0. The molecule has 2 aliphatic heterocycles. The summed E-state index contributed by atoms with van der Waals surface area (Å²) in [6.45, 7) is 10.9. The highest BCUT2D eigenvalue weighted by molar-refractivity contribution is 7.90. The lowest BCUT2D eigenvalue weighted by Gasteiger charge is -2.39. The predicted molar refractivity (Wildman–Crippen MR) is 234 cm³/mol. The van der Waals surface area contributed by atoms with Crippen LogP contribution in [0.1, 0.15) is 57.1 Å². The molecule has 0 radical (unpaired) electrons. The molecule has 2 aromatic heterocycles. The van der Waals surface area contributed by atoms with Gasteiger partial charge in [-0.1, -0.05) is 24.3 Å². The van der Waals surface area contributed by atoms with Gasteiger partial charge in [-0.15, -0.1) is 12.4 Å². The number of piperazine rings is 2. The van der Waals surface area contributed by atoms with E-state index in [-0.39, 0.29) is 37.6 Å². The van der Waals surface area contributed by atoms with E-state index in [9.17, 15) is 26.4 Å². The minimum atomic E-state index is -3.77. The van der Waals surface area contributed by atoms with E-state index >= 15 is 0 Å². The van der Waals surface area contributed by atoms with Gasteiger partial charge in [0.1, 0.15) is 0 Å². The molecule has 6 rings (SSSR count). The zero-order valence-electron chi connectivity index (χ0n) is 35.0. The molecule has 1 N–H and O–H groups in total. The van der Waals surface area contributed by atoms with Crippen LogP contribution < -0.4 is 13.9 Å². The maximum absolute atomic E-state index is 13.6. The number of aromatic nitrogens is 2. The lowest BCUT2D eigenvalue weighted by Crippen LogP contribution is -2.55. The van der Waals surface area contributed by atoms with Crippen LogP contribution in [-0.4, -0.2) is 125 Å². The van der Waals surface area contributed by atoms with E-state index in [0.29, 0.717) is 73.2 Å². The number of hydrogen-bond donors (Lipinski definition) is 1. The molecular formula is C41H55ClN8O8S2. The zero-order chi connectivity index (χ0) is 42.9. The van der Waals surface area contributed by atoms with Crippen LogP contribution in [0.15, 0.2) is 85.2 Å². The highest BCUT2D eigenvalue weighted by Gasteiger charge is 2.36. The van der Waals surface area contributed by atoms with E-state index in [1.54, 1.807) is 36.4 Å². The van der Waals surface area contributed by atoms with Gasteiger partial charge in [0.05, 0.1) is 61.2 Å². The van der Waals surface area contributed by atoms with Crippen LogP contribution in [0.25, 0.3) is 0 Å². The molecule has 0 amide bonds. The molecule has 16 nitrogen and oxygen atoms in total. The highest BCUT2D eigenvalue weighted by atomic mass is 35.5. The third kappa shape index (κ3) is 12.0. The molecule has 4 aromatic rings. The third-order valence-corrected chi connectivity index (χ3v) is 13.9. The number of anilines is 2. The van der Waals surface area contributed by atoms with E-state index in [4.69, 9.17) is 4.74 Å². The maximum atomic E-state index is 13.6. The molecule has 2 aromatic carbocycles. The van der Waals surface area contributed by atoms with E-state index < -0.39 is 32.4 Å². The number of methoxy groups -OCH3 is 2. The van der Waals surface area contributed by atoms with E-state index in [2.05, 4.69) is 24.9 Å². The van der Waals surface area contributed by atoms with E-state index in [0.717, 1.165) is 11.1 Å². The number of carbonyl (C=O) groups is 2. The summed E-state index contributed by atoms with van der Waals surface area (Å²) < 4.78 is 69.4. The quantitative estimate of drug-likeness (QED) is 0.201. The van der Waals surface area contributed by atoms with Crippen LogP contribution in [0.5, 0.6) is 0 Å². The molecule has 19 heteroatoms. The average Bonchev–Trinajstić information content (AvgIpc) is 3.22. The lowest BCUT2D eigenvalue weighted by atomic mass is 10.2. The first kappa shape index (κ1) is 48.0. The van der Waals surface area contributed by atoms with Gasteiger partial charge in [0.25, 0.3) is 0 Å². The van der Waals surface area contributed by atoms with Crippen LogP contribution in [0.2, 0.25) is 0 Å². The van der Waals surface area contributed by atoms with Crippen LogP contribution >= 0.6 is 12.4 Å². The van der Waals surface area contributed by atoms with E-state index in [1.807, 2.05) is 71.1 Å². The van der Waals surface area contributed by atoms with Gasteiger partial charge in [0.2, 0.25) is 0 Å². The number of ether oxygens (including phenoxy) is 2. The topological polar surface area (TPSA) is 175 Å². The van der Waals surface area contributed by atoms with Crippen molar-refractivity contribution in [3.8, 4) is 0 Å². The van der Waals surface area contributed by atoms with Gasteiger partial charge in [-0.3, -0.25) is 18.6 Å². The Labute approximate surface area is 360 Å². The zero-order valence-corrected chi connectivity index (χ0v) is 37.5. The number of aryl methyl sites for hydroxylation is 2. The normalized spacial score (nSPS) is 17.6. The second-order valence-electron chi connectivity index (χ2n) is 14.7. The van der Waals surface area contributed by atoms with Crippen molar-refractivity contribution in [2.24, 2.45) is 0 Å². The number of hydrogen-bond acceptors (Lipinski definition) is 12. The smallest absolute Gasteiger partial charge is 0.339 e. The minimum absolute atomic E-state index is 0. The molecule has 326 valence electrons. The molecule has 0 saturated carbocycles. The Morgan fingerprint density at radius 2 is 1.18 bits per heavy atom. The van der Waals surface area contributed by atoms with Crippen molar-refractivity contribution in [1.29, 1.82) is 0 Å². The number of pyridine rings is 2. The van der Waals surface area contributed by atoms with Gasteiger partial charge in [-0.25, -0.2) is 9.59 Å². The molecule has 2 aliphatic rings.